The number of rotatable bonds is 4. The summed E-state index contributed by atoms with van der Waals surface area (Å²) in [6.07, 6.45) is 9.77. The van der Waals surface area contributed by atoms with Crippen LogP contribution in [0.1, 0.15) is 31.2 Å². The van der Waals surface area contributed by atoms with Crippen molar-refractivity contribution >= 4 is 28.2 Å². The van der Waals surface area contributed by atoms with Gasteiger partial charge < -0.3 is 15.1 Å². The number of benzene rings is 1. The van der Waals surface area contributed by atoms with Crippen molar-refractivity contribution in [3.05, 3.63) is 59.6 Å². The number of nitrogens with two attached hydrogens (primary N) is 1. The van der Waals surface area contributed by atoms with Gasteiger partial charge in [-0.05, 0) is 56.0 Å². The van der Waals surface area contributed by atoms with E-state index in [0.29, 0.717) is 17.1 Å². The molecule has 25 heavy (non-hydrogen) atoms. The fourth-order valence-electron chi connectivity index (χ4n) is 3.76. The highest BCUT2D eigenvalue weighted by molar-refractivity contribution is 6.31. The maximum Gasteiger partial charge on any atom is 0.0952 e. The van der Waals surface area contributed by atoms with Gasteiger partial charge in [0, 0.05) is 46.5 Å². The van der Waals surface area contributed by atoms with Gasteiger partial charge in [-0.1, -0.05) is 11.6 Å². The number of hydrogen-bond donors (Lipinski definition) is 1. The van der Waals surface area contributed by atoms with Crippen LogP contribution in [0.5, 0.6) is 0 Å². The van der Waals surface area contributed by atoms with E-state index in [1.165, 1.54) is 11.3 Å². The molecule has 1 fully saturated rings. The van der Waals surface area contributed by atoms with Crippen LogP contribution in [0.3, 0.4) is 0 Å². The lowest BCUT2D eigenvalue weighted by molar-refractivity contribution is 0.374. The molecular weight excluding hydrogens is 334 g/mol. The zero-order chi connectivity index (χ0) is 17.2. The first kappa shape index (κ1) is 16.4. The largest absolute Gasteiger partial charge is 0.472 e. The molecule has 0 saturated heterocycles. The predicted octanol–water partition coefficient (Wildman–Crippen LogP) is 4.76. The van der Waals surface area contributed by atoms with Gasteiger partial charge in [0.1, 0.15) is 0 Å². The van der Waals surface area contributed by atoms with Crippen molar-refractivity contribution in [3.8, 4) is 0 Å². The second-order valence-electron chi connectivity index (χ2n) is 6.82. The zero-order valence-corrected chi connectivity index (χ0v) is 14.8. The molecule has 0 bridgehead atoms. The van der Waals surface area contributed by atoms with Gasteiger partial charge in [-0.3, -0.25) is 4.98 Å². The number of hydrogen-bond acceptors (Lipinski definition) is 4. The lowest BCUT2D eigenvalue weighted by atomic mass is 9.90. The molecule has 0 atom stereocenters. The second-order valence-corrected chi connectivity index (χ2v) is 7.26. The molecule has 0 unspecified atom stereocenters. The van der Waals surface area contributed by atoms with Crippen LogP contribution in [0.25, 0.3) is 10.9 Å². The normalized spacial score (nSPS) is 20.7. The van der Waals surface area contributed by atoms with Crippen LogP contribution in [-0.2, 0) is 6.54 Å². The van der Waals surface area contributed by atoms with Gasteiger partial charge in [-0.25, -0.2) is 0 Å². The summed E-state index contributed by atoms with van der Waals surface area (Å²) in [6, 6.07) is 10.9. The van der Waals surface area contributed by atoms with E-state index < -0.39 is 0 Å². The summed E-state index contributed by atoms with van der Waals surface area (Å²) in [7, 11) is 0. The van der Waals surface area contributed by atoms with Crippen molar-refractivity contribution in [1.82, 2.24) is 4.98 Å². The number of anilines is 1. The minimum absolute atomic E-state index is 0.333. The number of fused-ring (bicyclic) bond motifs is 1. The van der Waals surface area contributed by atoms with Crippen molar-refractivity contribution in [3.63, 3.8) is 0 Å². The van der Waals surface area contributed by atoms with Crippen LogP contribution >= 0.6 is 11.6 Å². The highest BCUT2D eigenvalue weighted by atomic mass is 35.5. The maximum atomic E-state index is 6.15. The van der Waals surface area contributed by atoms with Crippen LogP contribution in [0.4, 0.5) is 5.69 Å². The summed E-state index contributed by atoms with van der Waals surface area (Å²) < 4.78 is 5.28. The lowest BCUT2D eigenvalue weighted by Gasteiger charge is -2.38. The van der Waals surface area contributed by atoms with E-state index >= 15 is 0 Å². The van der Waals surface area contributed by atoms with Gasteiger partial charge in [0.05, 0.1) is 18.0 Å². The van der Waals surface area contributed by atoms with E-state index in [0.717, 1.165) is 43.1 Å². The summed E-state index contributed by atoms with van der Waals surface area (Å²) in [4.78, 5) is 6.97. The minimum atomic E-state index is 0.333. The van der Waals surface area contributed by atoms with Gasteiger partial charge >= 0.3 is 0 Å². The monoisotopic (exact) mass is 355 g/mol. The second kappa shape index (κ2) is 7.06. The molecular formula is C20H22ClN3O. The summed E-state index contributed by atoms with van der Waals surface area (Å²) >= 11 is 6.15. The predicted molar refractivity (Wildman–Crippen MR) is 102 cm³/mol. The SMILES string of the molecule is NC1CCC(N(Cc2ccoc2)c2ccnc3cc(Cl)ccc23)CC1. The molecule has 0 radical (unpaired) electrons. The third-order valence-corrected chi connectivity index (χ3v) is 5.34. The summed E-state index contributed by atoms with van der Waals surface area (Å²) in [6.45, 7) is 0.818. The van der Waals surface area contributed by atoms with Gasteiger partial charge in [0.15, 0.2) is 0 Å². The molecule has 4 nitrogen and oxygen atoms in total. The van der Waals surface area contributed by atoms with E-state index in [2.05, 4.69) is 22.0 Å². The standard InChI is InChI=1S/C20H22ClN3O/c21-15-1-6-18-19(11-15)23-9-7-20(18)24(12-14-8-10-25-13-14)17-4-2-16(22)3-5-17/h1,6-11,13,16-17H,2-5,12,22H2. The number of nitrogens with zero attached hydrogens (tertiary/aromatic N) is 2. The fraction of sp³-hybridized carbons (Fsp3) is 0.350. The number of halogens is 1. The molecule has 5 heteroatoms. The Morgan fingerprint density at radius 1 is 1.16 bits per heavy atom. The van der Waals surface area contributed by atoms with Crippen LogP contribution in [0, 0.1) is 0 Å². The summed E-state index contributed by atoms with van der Waals surface area (Å²) in [5.74, 6) is 0. The van der Waals surface area contributed by atoms with Crippen molar-refractivity contribution in [2.45, 2.75) is 44.3 Å². The molecule has 2 heterocycles. The van der Waals surface area contributed by atoms with E-state index in [9.17, 15) is 0 Å². The molecule has 2 aromatic heterocycles. The van der Waals surface area contributed by atoms with Crippen molar-refractivity contribution < 1.29 is 4.42 Å². The topological polar surface area (TPSA) is 55.3 Å². The van der Waals surface area contributed by atoms with E-state index in [4.69, 9.17) is 21.8 Å². The fourth-order valence-corrected chi connectivity index (χ4v) is 3.93. The lowest BCUT2D eigenvalue weighted by Crippen LogP contribution is -2.40. The Morgan fingerprint density at radius 3 is 2.76 bits per heavy atom. The Kier molecular flexibility index (Phi) is 4.64. The van der Waals surface area contributed by atoms with E-state index in [1.807, 2.05) is 30.7 Å². The third-order valence-electron chi connectivity index (χ3n) is 5.11. The Balaban J connectivity index is 1.74. The molecule has 3 aromatic rings. The average molecular weight is 356 g/mol. The van der Waals surface area contributed by atoms with Crippen molar-refractivity contribution in [2.75, 3.05) is 4.90 Å². The van der Waals surface area contributed by atoms with Gasteiger partial charge in [0.2, 0.25) is 0 Å². The van der Waals surface area contributed by atoms with E-state index in [1.54, 1.807) is 6.26 Å². The quantitative estimate of drug-likeness (QED) is 0.733. The van der Waals surface area contributed by atoms with Gasteiger partial charge in [0.25, 0.3) is 0 Å². The first-order valence-electron chi connectivity index (χ1n) is 8.78. The molecule has 1 aliphatic rings. The molecule has 1 saturated carbocycles. The minimum Gasteiger partial charge on any atom is -0.472 e. The average Bonchev–Trinajstić information content (AvgIpc) is 3.13. The number of aromatic nitrogens is 1. The molecule has 1 aliphatic carbocycles. The van der Waals surface area contributed by atoms with Crippen LogP contribution in [0.2, 0.25) is 5.02 Å². The van der Waals surface area contributed by atoms with Crippen LogP contribution in [0.15, 0.2) is 53.5 Å². The highest BCUT2D eigenvalue weighted by Crippen LogP contribution is 2.34. The maximum absolute atomic E-state index is 6.15. The molecule has 130 valence electrons. The molecule has 1 aromatic carbocycles. The Labute approximate surface area is 152 Å². The zero-order valence-electron chi connectivity index (χ0n) is 14.1. The van der Waals surface area contributed by atoms with Gasteiger partial charge in [-0.2, -0.15) is 0 Å². The summed E-state index contributed by atoms with van der Waals surface area (Å²) in [5, 5.41) is 1.84. The number of pyridine rings is 1. The summed E-state index contributed by atoms with van der Waals surface area (Å²) in [5.41, 5.74) is 9.42. The van der Waals surface area contributed by atoms with Crippen LogP contribution < -0.4 is 10.6 Å². The van der Waals surface area contributed by atoms with E-state index in [-0.39, 0.29) is 0 Å². The molecule has 4 rings (SSSR count). The molecule has 0 aliphatic heterocycles. The molecule has 2 N–H and O–H groups in total. The number of furan rings is 1. The van der Waals surface area contributed by atoms with Gasteiger partial charge in [-0.15, -0.1) is 0 Å². The first-order valence-corrected chi connectivity index (χ1v) is 9.16. The molecule has 0 amide bonds. The Bertz CT molecular complexity index is 841. The smallest absolute Gasteiger partial charge is 0.0952 e. The molecule has 0 spiro atoms. The highest BCUT2D eigenvalue weighted by Gasteiger charge is 2.26. The van der Waals surface area contributed by atoms with Crippen molar-refractivity contribution in [1.29, 1.82) is 0 Å². The Morgan fingerprint density at radius 2 is 2.00 bits per heavy atom. The third kappa shape index (κ3) is 3.51. The Hall–Kier alpha value is -2.04. The van der Waals surface area contributed by atoms with Crippen molar-refractivity contribution in [2.24, 2.45) is 5.73 Å². The van der Waals surface area contributed by atoms with Crippen LogP contribution in [-0.4, -0.2) is 17.1 Å². The first-order chi connectivity index (χ1) is 12.2.